The van der Waals surface area contributed by atoms with Crippen molar-refractivity contribution in [3.63, 3.8) is 0 Å². The fourth-order valence-electron chi connectivity index (χ4n) is 7.56. The Hall–Kier alpha value is -7.41. The Morgan fingerprint density at radius 2 is 1.04 bits per heavy atom. The molecule has 6 heteroatoms. The summed E-state index contributed by atoms with van der Waals surface area (Å²) >= 11 is 1.25. The second-order valence-electron chi connectivity index (χ2n) is 13.7. The molecule has 5 nitrogen and oxygen atoms in total. The third-order valence-electron chi connectivity index (χ3n) is 10.2. The van der Waals surface area contributed by atoms with E-state index in [0.717, 1.165) is 54.9 Å². The SMILES string of the molecule is O=C1C(c2ccc(N(c3ccccc3)c3ccccc3-c3ccccc3)cc2O)=C(O)/C1=c1\s/c(=C(\c2ccccc2)c2ccccc2-c2ccccc2)cc1O. The highest BCUT2D eigenvalue weighted by molar-refractivity contribution is 7.08. The van der Waals surface area contributed by atoms with Crippen molar-refractivity contribution in [2.75, 3.05) is 4.90 Å². The molecule has 1 aliphatic carbocycles. The number of ketones is 1. The van der Waals surface area contributed by atoms with Crippen LogP contribution in [0.5, 0.6) is 11.5 Å². The fourth-order valence-corrected chi connectivity index (χ4v) is 8.73. The molecule has 0 unspecified atom stereocenters. The zero-order valence-corrected chi connectivity index (χ0v) is 31.4. The molecule has 1 heterocycles. The number of aliphatic hydroxyl groups excluding tert-OH is 1. The minimum Gasteiger partial charge on any atom is -0.507 e. The number of Topliss-reactive ketones (excluding diaryl/α,β-unsaturated/α-hetero) is 1. The van der Waals surface area contributed by atoms with Gasteiger partial charge in [0.05, 0.1) is 21.4 Å². The lowest BCUT2D eigenvalue weighted by Gasteiger charge is -2.29. The van der Waals surface area contributed by atoms with Crippen LogP contribution in [0, 0.1) is 0 Å². The van der Waals surface area contributed by atoms with Crippen molar-refractivity contribution in [2.45, 2.75) is 0 Å². The third kappa shape index (κ3) is 6.48. The fraction of sp³-hybridized carbons (Fsp3) is 0. The number of hydrogen-bond acceptors (Lipinski definition) is 6. The van der Waals surface area contributed by atoms with Crippen molar-refractivity contribution in [2.24, 2.45) is 0 Å². The van der Waals surface area contributed by atoms with Gasteiger partial charge in [-0.15, -0.1) is 11.3 Å². The van der Waals surface area contributed by atoms with Crippen LogP contribution in [-0.4, -0.2) is 21.1 Å². The molecule has 274 valence electrons. The molecule has 57 heavy (non-hydrogen) atoms. The van der Waals surface area contributed by atoms with Crippen LogP contribution in [0.3, 0.4) is 0 Å². The van der Waals surface area contributed by atoms with Crippen LogP contribution in [-0.2, 0) is 4.79 Å². The zero-order chi connectivity index (χ0) is 38.9. The van der Waals surface area contributed by atoms with Crippen LogP contribution in [0.15, 0.2) is 200 Å². The van der Waals surface area contributed by atoms with Crippen molar-refractivity contribution >= 4 is 50.9 Å². The van der Waals surface area contributed by atoms with Gasteiger partial charge in [0.1, 0.15) is 17.3 Å². The molecular formula is C51H35NO4S. The number of allylic oxidation sites excluding steroid dienone is 2. The number of benzene rings is 7. The molecule has 8 aromatic rings. The number of anilines is 3. The molecule has 0 saturated carbocycles. The molecule has 1 aromatic heterocycles. The van der Waals surface area contributed by atoms with Gasteiger partial charge in [-0.25, -0.2) is 0 Å². The van der Waals surface area contributed by atoms with Gasteiger partial charge in [0, 0.05) is 38.7 Å². The van der Waals surface area contributed by atoms with Gasteiger partial charge in [0.2, 0.25) is 5.78 Å². The molecule has 9 rings (SSSR count). The van der Waals surface area contributed by atoms with Crippen molar-refractivity contribution in [1.82, 2.24) is 0 Å². The summed E-state index contributed by atoms with van der Waals surface area (Å²) < 4.78 is 1.01. The highest BCUT2D eigenvalue weighted by atomic mass is 32.1. The lowest BCUT2D eigenvalue weighted by Crippen LogP contribution is -2.25. The largest absolute Gasteiger partial charge is 0.507 e. The van der Waals surface area contributed by atoms with E-state index in [9.17, 15) is 20.1 Å². The maximum atomic E-state index is 14.0. The molecule has 0 saturated heterocycles. The first-order valence-corrected chi connectivity index (χ1v) is 19.4. The first kappa shape index (κ1) is 35.3. The number of rotatable bonds is 8. The summed E-state index contributed by atoms with van der Waals surface area (Å²) in [6.45, 7) is 0. The molecule has 0 bridgehead atoms. The maximum absolute atomic E-state index is 14.0. The van der Waals surface area contributed by atoms with Crippen molar-refractivity contribution < 1.29 is 20.1 Å². The van der Waals surface area contributed by atoms with Crippen LogP contribution in [0.4, 0.5) is 17.1 Å². The number of nitrogens with zero attached hydrogens (tertiary/aromatic N) is 1. The molecule has 7 aromatic carbocycles. The van der Waals surface area contributed by atoms with E-state index in [0.29, 0.717) is 5.69 Å². The number of aliphatic hydroxyl groups is 1. The Kier molecular flexibility index (Phi) is 9.30. The molecule has 0 spiro atoms. The second kappa shape index (κ2) is 15.0. The van der Waals surface area contributed by atoms with Gasteiger partial charge in [-0.1, -0.05) is 152 Å². The number of thiophene rings is 1. The average Bonchev–Trinajstić information content (AvgIpc) is 3.62. The molecule has 0 aliphatic heterocycles. The van der Waals surface area contributed by atoms with E-state index in [1.807, 2.05) is 133 Å². The predicted molar refractivity (Wildman–Crippen MR) is 231 cm³/mol. The summed E-state index contributed by atoms with van der Waals surface area (Å²) in [7, 11) is 0. The lowest BCUT2D eigenvalue weighted by molar-refractivity contribution is -0.109. The van der Waals surface area contributed by atoms with Crippen molar-refractivity contribution in [1.29, 1.82) is 0 Å². The molecule has 0 atom stereocenters. The highest BCUT2D eigenvalue weighted by Gasteiger charge is 2.38. The maximum Gasteiger partial charge on any atom is 0.202 e. The predicted octanol–water partition coefficient (Wildman–Crippen LogP) is 10.9. The topological polar surface area (TPSA) is 81.0 Å². The summed E-state index contributed by atoms with van der Waals surface area (Å²) in [5.74, 6) is -0.996. The number of phenolic OH excluding ortho intramolecular Hbond substituents is 1. The van der Waals surface area contributed by atoms with E-state index in [2.05, 4.69) is 47.4 Å². The van der Waals surface area contributed by atoms with Crippen molar-refractivity contribution in [3.05, 3.63) is 226 Å². The Morgan fingerprint density at radius 1 is 0.474 bits per heavy atom. The second-order valence-corrected chi connectivity index (χ2v) is 14.7. The lowest BCUT2D eigenvalue weighted by atomic mass is 9.83. The number of carbonyl (C=O) groups excluding carboxylic acids is 1. The standard InChI is InChI=1S/C51H35NO4S/c53-43-31-37(52(36-23-11-4-12-24-36)42-28-16-15-26-39(42)34-19-7-2-8-20-34)29-30-41(43)47-49(55)48(50(47)56)51-44(54)32-45(57-51)46(35-21-9-3-10-22-35)40-27-14-13-25-38(40)33-17-5-1-6-18-33/h1-32,53-55H/b46-45+,51-48+. The molecule has 0 amide bonds. The van der Waals surface area contributed by atoms with Gasteiger partial charge in [-0.05, 0) is 64.2 Å². The van der Waals surface area contributed by atoms with Gasteiger partial charge < -0.3 is 20.2 Å². The Balaban J connectivity index is 1.16. The molecule has 0 fully saturated rings. The number of carbonyl (C=O) groups is 1. The van der Waals surface area contributed by atoms with E-state index in [-0.39, 0.29) is 38.5 Å². The smallest absolute Gasteiger partial charge is 0.202 e. The first-order valence-electron chi connectivity index (χ1n) is 18.6. The van der Waals surface area contributed by atoms with E-state index in [1.165, 1.54) is 11.3 Å². The monoisotopic (exact) mass is 757 g/mol. The Bertz CT molecular complexity index is 2940. The summed E-state index contributed by atoms with van der Waals surface area (Å²) in [6.07, 6.45) is 0. The zero-order valence-electron chi connectivity index (χ0n) is 30.6. The van der Waals surface area contributed by atoms with Gasteiger partial charge in [-0.3, -0.25) is 4.79 Å². The van der Waals surface area contributed by atoms with Crippen LogP contribution < -0.4 is 14.0 Å². The van der Waals surface area contributed by atoms with Crippen LogP contribution >= 0.6 is 11.3 Å². The quantitative estimate of drug-likeness (QED) is 0.144. The number of para-hydroxylation sites is 2. The van der Waals surface area contributed by atoms with Gasteiger partial charge in [0.15, 0.2) is 0 Å². The number of phenols is 1. The molecule has 1 aliphatic rings. The molecular weight excluding hydrogens is 723 g/mol. The van der Waals surface area contributed by atoms with Gasteiger partial charge in [-0.2, -0.15) is 0 Å². The normalized spacial score (nSPS) is 13.9. The van der Waals surface area contributed by atoms with Gasteiger partial charge >= 0.3 is 0 Å². The van der Waals surface area contributed by atoms with Crippen molar-refractivity contribution in [3.8, 4) is 33.8 Å². The number of hydrogen-bond donors (Lipinski definition) is 3. The van der Waals surface area contributed by atoms with Crippen LogP contribution in [0.2, 0.25) is 0 Å². The first-order chi connectivity index (χ1) is 28.0. The average molecular weight is 758 g/mol. The van der Waals surface area contributed by atoms with E-state index in [4.69, 9.17) is 0 Å². The summed E-state index contributed by atoms with van der Waals surface area (Å²) in [5, 5.41) is 34.5. The summed E-state index contributed by atoms with van der Waals surface area (Å²) in [5.41, 5.74) is 9.61. The van der Waals surface area contributed by atoms with E-state index >= 15 is 0 Å². The van der Waals surface area contributed by atoms with Gasteiger partial charge in [0.25, 0.3) is 0 Å². The molecule has 3 N–H and O–H groups in total. The highest BCUT2D eigenvalue weighted by Crippen LogP contribution is 2.45. The van der Waals surface area contributed by atoms with E-state index in [1.54, 1.807) is 18.2 Å². The molecule has 0 radical (unpaired) electrons. The summed E-state index contributed by atoms with van der Waals surface area (Å²) in [4.78, 5) is 16.1. The van der Waals surface area contributed by atoms with E-state index < -0.39 is 5.78 Å². The Labute approximate surface area is 334 Å². The van der Waals surface area contributed by atoms with Crippen LogP contribution in [0.1, 0.15) is 16.7 Å². The minimum absolute atomic E-state index is 0.000956. The third-order valence-corrected chi connectivity index (χ3v) is 11.4. The van der Waals surface area contributed by atoms with Crippen LogP contribution in [0.25, 0.3) is 39.0 Å². The number of aromatic hydroxyl groups is 2. The Morgan fingerprint density at radius 3 is 1.68 bits per heavy atom. The summed E-state index contributed by atoms with van der Waals surface area (Å²) in [6, 6.07) is 63.0. The minimum atomic E-state index is -0.459.